The normalized spacial score (nSPS) is 16.8. The molecule has 1 saturated carbocycles. The van der Waals surface area contributed by atoms with Gasteiger partial charge < -0.3 is 9.64 Å². The molecule has 32 heavy (non-hydrogen) atoms. The molecule has 2 heterocycles. The molecule has 10 heteroatoms. The molecule has 3 aromatic rings. The van der Waals surface area contributed by atoms with Crippen molar-refractivity contribution in [1.29, 1.82) is 0 Å². The monoisotopic (exact) mass is 456 g/mol. The van der Waals surface area contributed by atoms with E-state index in [1.54, 1.807) is 24.4 Å². The summed E-state index contributed by atoms with van der Waals surface area (Å²) in [6.45, 7) is 2.62. The third-order valence-electron chi connectivity index (χ3n) is 5.59. The predicted octanol–water partition coefficient (Wildman–Crippen LogP) is 2.74. The first kappa shape index (κ1) is 20.8. The fraction of sp³-hybridized carbons (Fsp3) is 0.318. The summed E-state index contributed by atoms with van der Waals surface area (Å²) in [7, 11) is -3.65. The second kappa shape index (κ2) is 8.10. The fourth-order valence-electron chi connectivity index (χ4n) is 3.64. The molecule has 0 spiro atoms. The van der Waals surface area contributed by atoms with E-state index in [-0.39, 0.29) is 16.8 Å². The molecule has 0 atom stereocenters. The van der Waals surface area contributed by atoms with Gasteiger partial charge in [-0.15, -0.1) is 0 Å². The number of hydrogen-bond acceptors (Lipinski definition) is 7. The zero-order chi connectivity index (χ0) is 22.3. The van der Waals surface area contributed by atoms with Crippen molar-refractivity contribution < 1.29 is 22.3 Å². The van der Waals surface area contributed by atoms with Crippen molar-refractivity contribution in [2.24, 2.45) is 0 Å². The summed E-state index contributed by atoms with van der Waals surface area (Å²) in [5.41, 5.74) is 0.943. The van der Waals surface area contributed by atoms with Crippen LogP contribution >= 0.6 is 0 Å². The van der Waals surface area contributed by atoms with Gasteiger partial charge in [0.25, 0.3) is 0 Å². The number of fused-ring (bicyclic) bond motifs is 1. The van der Waals surface area contributed by atoms with Gasteiger partial charge >= 0.3 is 0 Å². The van der Waals surface area contributed by atoms with Crippen LogP contribution in [0.15, 0.2) is 42.6 Å². The summed E-state index contributed by atoms with van der Waals surface area (Å²) in [6.07, 6.45) is 2.80. The van der Waals surface area contributed by atoms with E-state index in [9.17, 15) is 13.2 Å². The van der Waals surface area contributed by atoms with Crippen LogP contribution in [0.2, 0.25) is 0 Å². The molecule has 1 N–H and O–H groups in total. The Morgan fingerprint density at radius 2 is 1.91 bits per heavy atom. The Morgan fingerprint density at radius 3 is 2.66 bits per heavy atom. The number of ketones is 1. The third kappa shape index (κ3) is 4.03. The molecule has 1 aliphatic carbocycles. The Kier molecular flexibility index (Phi) is 5.26. The van der Waals surface area contributed by atoms with Gasteiger partial charge in [0, 0.05) is 18.7 Å². The van der Waals surface area contributed by atoms with Crippen molar-refractivity contribution in [2.45, 2.75) is 18.1 Å². The van der Waals surface area contributed by atoms with Gasteiger partial charge in [-0.25, -0.2) is 17.8 Å². The lowest BCUT2D eigenvalue weighted by Crippen LogP contribution is -2.36. The number of carbonyl (C=O) groups excluding carboxylic acids is 1. The SMILES string of the molecule is O=C(c1ccc2ncc(N3CCOCC3)nc2c1)c1cccc(NS(=O)(=O)C2CC2)c1F. The maximum Gasteiger partial charge on any atom is 0.235 e. The van der Waals surface area contributed by atoms with Crippen molar-refractivity contribution in [1.82, 2.24) is 9.97 Å². The Bertz CT molecular complexity index is 1300. The Morgan fingerprint density at radius 1 is 1.12 bits per heavy atom. The van der Waals surface area contributed by atoms with Gasteiger partial charge in [0.1, 0.15) is 5.82 Å². The molecule has 2 aliphatic rings. The number of benzene rings is 2. The molecule has 2 fully saturated rings. The van der Waals surface area contributed by atoms with Gasteiger partial charge in [-0.1, -0.05) is 6.07 Å². The summed E-state index contributed by atoms with van der Waals surface area (Å²) >= 11 is 0. The average Bonchev–Trinajstić information content (AvgIpc) is 3.66. The number of ether oxygens (including phenoxy) is 1. The topological polar surface area (TPSA) is 101 Å². The number of halogens is 1. The third-order valence-corrected chi connectivity index (χ3v) is 7.44. The first-order chi connectivity index (χ1) is 15.4. The molecule has 166 valence electrons. The summed E-state index contributed by atoms with van der Waals surface area (Å²) in [6, 6.07) is 8.91. The average molecular weight is 456 g/mol. The highest BCUT2D eigenvalue weighted by atomic mass is 32.2. The molecule has 0 unspecified atom stereocenters. The summed E-state index contributed by atoms with van der Waals surface area (Å²) in [5, 5.41) is -0.499. The summed E-state index contributed by atoms with van der Waals surface area (Å²) < 4.78 is 47.1. The number of carbonyl (C=O) groups is 1. The molecular weight excluding hydrogens is 435 g/mol. The van der Waals surface area contributed by atoms with Crippen molar-refractivity contribution >= 4 is 38.3 Å². The smallest absolute Gasteiger partial charge is 0.235 e. The zero-order valence-electron chi connectivity index (χ0n) is 17.1. The highest BCUT2D eigenvalue weighted by Gasteiger charge is 2.36. The maximum absolute atomic E-state index is 15.0. The molecule has 2 aromatic carbocycles. The van der Waals surface area contributed by atoms with Crippen LogP contribution in [0.25, 0.3) is 11.0 Å². The number of hydrogen-bond donors (Lipinski definition) is 1. The Labute approximate surface area is 184 Å². The highest BCUT2D eigenvalue weighted by molar-refractivity contribution is 7.93. The quantitative estimate of drug-likeness (QED) is 0.569. The Hall–Kier alpha value is -3.11. The number of nitrogens with one attached hydrogen (secondary N) is 1. The molecule has 0 bridgehead atoms. The number of sulfonamides is 1. The minimum Gasteiger partial charge on any atom is -0.378 e. The first-order valence-electron chi connectivity index (χ1n) is 10.4. The van der Waals surface area contributed by atoms with Crippen LogP contribution in [0.4, 0.5) is 15.9 Å². The lowest BCUT2D eigenvalue weighted by Gasteiger charge is -2.27. The van der Waals surface area contributed by atoms with Gasteiger partial charge in [-0.2, -0.15) is 0 Å². The zero-order valence-corrected chi connectivity index (χ0v) is 17.9. The second-order valence-electron chi connectivity index (χ2n) is 7.87. The van der Waals surface area contributed by atoms with Crippen molar-refractivity contribution in [3.8, 4) is 0 Å². The molecular formula is C22H21FN4O4S. The lowest BCUT2D eigenvalue weighted by molar-refractivity contribution is 0.103. The highest BCUT2D eigenvalue weighted by Crippen LogP contribution is 2.31. The second-order valence-corrected chi connectivity index (χ2v) is 9.83. The van der Waals surface area contributed by atoms with Crippen LogP contribution in [-0.4, -0.2) is 55.7 Å². The van der Waals surface area contributed by atoms with Crippen LogP contribution in [0.3, 0.4) is 0 Å². The van der Waals surface area contributed by atoms with E-state index in [1.165, 1.54) is 18.2 Å². The number of rotatable bonds is 6. The predicted molar refractivity (Wildman–Crippen MR) is 118 cm³/mol. The molecule has 1 aliphatic heterocycles. The minimum atomic E-state index is -3.65. The standard InChI is InChI=1S/C22H21FN4O4S/c23-21-16(2-1-3-18(21)26-32(29,30)15-5-6-15)22(28)14-4-7-17-19(12-14)25-20(13-24-17)27-8-10-31-11-9-27/h1-4,7,12-13,15,26H,5-6,8-11H2. The van der Waals surface area contributed by atoms with E-state index in [4.69, 9.17) is 4.74 Å². The number of anilines is 2. The van der Waals surface area contributed by atoms with E-state index in [0.717, 1.165) is 0 Å². The van der Waals surface area contributed by atoms with Gasteiger partial charge in [0.2, 0.25) is 10.0 Å². The van der Waals surface area contributed by atoms with E-state index >= 15 is 4.39 Å². The van der Waals surface area contributed by atoms with E-state index in [0.29, 0.717) is 56.0 Å². The van der Waals surface area contributed by atoms with Gasteiger partial charge in [-0.05, 0) is 43.2 Å². The van der Waals surface area contributed by atoms with Crippen LogP contribution in [0.5, 0.6) is 0 Å². The largest absolute Gasteiger partial charge is 0.378 e. The lowest BCUT2D eigenvalue weighted by atomic mass is 10.0. The first-order valence-corrected chi connectivity index (χ1v) is 11.9. The van der Waals surface area contributed by atoms with Crippen LogP contribution < -0.4 is 9.62 Å². The molecule has 8 nitrogen and oxygen atoms in total. The molecule has 5 rings (SSSR count). The van der Waals surface area contributed by atoms with Crippen molar-refractivity contribution in [3.63, 3.8) is 0 Å². The number of aromatic nitrogens is 2. The fourth-order valence-corrected chi connectivity index (χ4v) is 5.03. The molecule has 0 radical (unpaired) electrons. The summed E-state index contributed by atoms with van der Waals surface area (Å²) in [5.74, 6) is -0.765. The van der Waals surface area contributed by atoms with Gasteiger partial charge in [0.15, 0.2) is 11.6 Å². The van der Waals surface area contributed by atoms with E-state index in [1.807, 2.05) is 0 Å². The maximum atomic E-state index is 15.0. The van der Waals surface area contributed by atoms with Crippen LogP contribution in [-0.2, 0) is 14.8 Å². The number of morpholine rings is 1. The van der Waals surface area contributed by atoms with Gasteiger partial charge in [-0.3, -0.25) is 14.5 Å². The van der Waals surface area contributed by atoms with Crippen molar-refractivity contribution in [3.05, 3.63) is 59.5 Å². The molecule has 0 amide bonds. The molecule has 1 aromatic heterocycles. The minimum absolute atomic E-state index is 0.211. The van der Waals surface area contributed by atoms with Crippen LogP contribution in [0, 0.1) is 5.82 Å². The summed E-state index contributed by atoms with van der Waals surface area (Å²) in [4.78, 5) is 24.2. The van der Waals surface area contributed by atoms with E-state index < -0.39 is 26.9 Å². The van der Waals surface area contributed by atoms with Crippen LogP contribution in [0.1, 0.15) is 28.8 Å². The van der Waals surface area contributed by atoms with E-state index in [2.05, 4.69) is 19.6 Å². The number of nitrogens with zero attached hydrogens (tertiary/aromatic N) is 3. The van der Waals surface area contributed by atoms with Gasteiger partial charge in [0.05, 0.1) is 46.9 Å². The van der Waals surface area contributed by atoms with Crippen molar-refractivity contribution in [2.75, 3.05) is 35.9 Å². The Balaban J connectivity index is 1.45. The molecule has 1 saturated heterocycles.